The van der Waals surface area contributed by atoms with Crippen LogP contribution in [-0.4, -0.2) is 12.6 Å². The molecule has 3 saturated carbocycles. The largest absolute Gasteiger partial charge is 0.314 e. The van der Waals surface area contributed by atoms with Crippen LogP contribution in [0.3, 0.4) is 0 Å². The van der Waals surface area contributed by atoms with Crippen molar-refractivity contribution >= 4 is 0 Å². The first kappa shape index (κ1) is 12.0. The number of rotatable bonds is 4. The van der Waals surface area contributed by atoms with E-state index in [1.165, 1.54) is 45.1 Å². The Morgan fingerprint density at radius 1 is 1.12 bits per heavy atom. The third kappa shape index (κ3) is 2.41. The lowest BCUT2D eigenvalue weighted by molar-refractivity contribution is 0.234. The van der Waals surface area contributed by atoms with Crippen molar-refractivity contribution in [1.82, 2.24) is 5.32 Å². The van der Waals surface area contributed by atoms with Gasteiger partial charge in [-0.05, 0) is 54.9 Å². The van der Waals surface area contributed by atoms with Crippen LogP contribution < -0.4 is 5.32 Å². The van der Waals surface area contributed by atoms with Crippen LogP contribution in [-0.2, 0) is 0 Å². The highest BCUT2D eigenvalue weighted by molar-refractivity contribution is 5.09. The van der Waals surface area contributed by atoms with Gasteiger partial charge in [-0.3, -0.25) is 0 Å². The summed E-state index contributed by atoms with van der Waals surface area (Å²) in [4.78, 5) is 0. The highest BCUT2D eigenvalue weighted by atomic mass is 15.0. The van der Waals surface area contributed by atoms with E-state index in [0.717, 1.165) is 29.7 Å². The molecule has 98 valence electrons. The molecule has 3 rings (SSSR count). The molecule has 0 radical (unpaired) electrons. The molecule has 3 aliphatic rings. The van der Waals surface area contributed by atoms with Gasteiger partial charge in [-0.2, -0.15) is 0 Å². The van der Waals surface area contributed by atoms with Gasteiger partial charge in [-0.15, -0.1) is 0 Å². The second-order valence-corrected chi connectivity index (χ2v) is 7.67. The zero-order valence-electron chi connectivity index (χ0n) is 11.8. The fourth-order valence-corrected chi connectivity index (χ4v) is 4.50. The highest BCUT2D eigenvalue weighted by Crippen LogP contribution is 2.64. The summed E-state index contributed by atoms with van der Waals surface area (Å²) in [6.07, 6.45) is 8.85. The first-order valence-corrected chi connectivity index (χ1v) is 7.82. The highest BCUT2D eigenvalue weighted by Gasteiger charge is 2.60. The van der Waals surface area contributed by atoms with E-state index in [4.69, 9.17) is 0 Å². The Kier molecular flexibility index (Phi) is 3.01. The Morgan fingerprint density at radius 3 is 2.53 bits per heavy atom. The molecule has 3 fully saturated rings. The van der Waals surface area contributed by atoms with Crippen molar-refractivity contribution in [3.8, 4) is 0 Å². The van der Waals surface area contributed by atoms with Gasteiger partial charge in [0, 0.05) is 6.04 Å². The van der Waals surface area contributed by atoms with Crippen molar-refractivity contribution in [2.45, 2.75) is 65.3 Å². The molecule has 0 bridgehead atoms. The van der Waals surface area contributed by atoms with Crippen LogP contribution in [0, 0.1) is 29.1 Å². The van der Waals surface area contributed by atoms with Gasteiger partial charge in [-0.1, -0.05) is 40.0 Å². The fourth-order valence-electron chi connectivity index (χ4n) is 4.50. The molecule has 1 nitrogen and oxygen atoms in total. The molecule has 1 heteroatoms. The molecule has 0 aliphatic heterocycles. The van der Waals surface area contributed by atoms with E-state index in [2.05, 4.69) is 26.1 Å². The van der Waals surface area contributed by atoms with E-state index in [-0.39, 0.29) is 0 Å². The van der Waals surface area contributed by atoms with Crippen LogP contribution in [0.5, 0.6) is 0 Å². The van der Waals surface area contributed by atoms with Gasteiger partial charge < -0.3 is 5.32 Å². The van der Waals surface area contributed by atoms with Gasteiger partial charge in [0.2, 0.25) is 0 Å². The number of hydrogen-bond donors (Lipinski definition) is 1. The number of hydrogen-bond acceptors (Lipinski definition) is 1. The number of nitrogens with one attached hydrogen (secondary N) is 1. The average Bonchev–Trinajstić information content (AvgIpc) is 3.13. The molecule has 0 spiro atoms. The van der Waals surface area contributed by atoms with Crippen LogP contribution in [0.25, 0.3) is 0 Å². The second kappa shape index (κ2) is 4.26. The minimum Gasteiger partial charge on any atom is -0.314 e. The molecular formula is C16H29N. The average molecular weight is 235 g/mol. The Balaban J connectivity index is 1.54. The van der Waals surface area contributed by atoms with E-state index in [1.54, 1.807) is 0 Å². The van der Waals surface area contributed by atoms with Crippen molar-refractivity contribution in [2.24, 2.45) is 29.1 Å². The van der Waals surface area contributed by atoms with Gasteiger partial charge in [0.25, 0.3) is 0 Å². The molecular weight excluding hydrogens is 206 g/mol. The van der Waals surface area contributed by atoms with Crippen molar-refractivity contribution < 1.29 is 0 Å². The van der Waals surface area contributed by atoms with Crippen LogP contribution in [0.4, 0.5) is 0 Å². The summed E-state index contributed by atoms with van der Waals surface area (Å²) in [5.74, 6) is 4.02. The maximum atomic E-state index is 3.75. The standard InChI is InChI=1S/C16H29N/c1-11-5-4-6-12(9-11)15-14(16(15,2)3)10-17-13-7-8-13/h11-15,17H,4-10H2,1-3H3. The van der Waals surface area contributed by atoms with Crippen LogP contribution in [0.15, 0.2) is 0 Å². The van der Waals surface area contributed by atoms with E-state index in [9.17, 15) is 0 Å². The van der Waals surface area contributed by atoms with Crippen LogP contribution >= 0.6 is 0 Å². The summed E-state index contributed by atoms with van der Waals surface area (Å²) in [5, 5.41) is 3.75. The van der Waals surface area contributed by atoms with Crippen LogP contribution in [0.1, 0.15) is 59.3 Å². The van der Waals surface area contributed by atoms with Gasteiger partial charge in [0.05, 0.1) is 0 Å². The van der Waals surface area contributed by atoms with Gasteiger partial charge in [0.1, 0.15) is 0 Å². The Hall–Kier alpha value is -0.0400. The maximum absolute atomic E-state index is 3.75. The lowest BCUT2D eigenvalue weighted by Gasteiger charge is -2.28. The van der Waals surface area contributed by atoms with Crippen molar-refractivity contribution in [3.05, 3.63) is 0 Å². The summed E-state index contributed by atoms with van der Waals surface area (Å²) < 4.78 is 0. The zero-order valence-corrected chi connectivity index (χ0v) is 11.8. The molecule has 0 aromatic carbocycles. The van der Waals surface area contributed by atoms with Gasteiger partial charge >= 0.3 is 0 Å². The third-order valence-corrected chi connectivity index (χ3v) is 5.83. The Bertz CT molecular complexity index is 279. The SMILES string of the molecule is CC1CCCC(C2C(CNC3CC3)C2(C)C)C1. The van der Waals surface area contributed by atoms with E-state index in [0.29, 0.717) is 5.41 Å². The van der Waals surface area contributed by atoms with Gasteiger partial charge in [0.15, 0.2) is 0 Å². The first-order chi connectivity index (χ1) is 8.09. The monoisotopic (exact) mass is 235 g/mol. The molecule has 0 aromatic rings. The molecule has 0 aromatic heterocycles. The predicted molar refractivity (Wildman–Crippen MR) is 72.9 cm³/mol. The first-order valence-electron chi connectivity index (χ1n) is 7.82. The van der Waals surface area contributed by atoms with Gasteiger partial charge in [-0.25, -0.2) is 0 Å². The topological polar surface area (TPSA) is 12.0 Å². The molecule has 0 saturated heterocycles. The molecule has 0 heterocycles. The Labute approximate surface area is 107 Å². The zero-order chi connectivity index (χ0) is 12.0. The lowest BCUT2D eigenvalue weighted by atomic mass is 9.78. The van der Waals surface area contributed by atoms with Crippen molar-refractivity contribution in [1.29, 1.82) is 0 Å². The fraction of sp³-hybridized carbons (Fsp3) is 1.00. The van der Waals surface area contributed by atoms with Crippen molar-refractivity contribution in [2.75, 3.05) is 6.54 Å². The van der Waals surface area contributed by atoms with E-state index in [1.807, 2.05) is 0 Å². The quantitative estimate of drug-likeness (QED) is 0.781. The summed E-state index contributed by atoms with van der Waals surface area (Å²) in [5.41, 5.74) is 0.629. The van der Waals surface area contributed by atoms with Crippen LogP contribution in [0.2, 0.25) is 0 Å². The summed E-state index contributed by atoms with van der Waals surface area (Å²) in [6, 6.07) is 0.886. The normalized spacial score (nSPS) is 44.6. The van der Waals surface area contributed by atoms with Crippen molar-refractivity contribution in [3.63, 3.8) is 0 Å². The summed E-state index contributed by atoms with van der Waals surface area (Å²) in [7, 11) is 0. The minimum atomic E-state index is 0.629. The molecule has 4 atom stereocenters. The summed E-state index contributed by atoms with van der Waals surface area (Å²) >= 11 is 0. The third-order valence-electron chi connectivity index (χ3n) is 5.83. The minimum absolute atomic E-state index is 0.629. The lowest BCUT2D eigenvalue weighted by Crippen LogP contribution is -2.22. The maximum Gasteiger partial charge on any atom is 0.00683 e. The van der Waals surface area contributed by atoms with E-state index >= 15 is 0 Å². The molecule has 3 aliphatic carbocycles. The Morgan fingerprint density at radius 2 is 1.88 bits per heavy atom. The second-order valence-electron chi connectivity index (χ2n) is 7.67. The molecule has 1 N–H and O–H groups in total. The smallest absolute Gasteiger partial charge is 0.00683 e. The molecule has 0 amide bonds. The predicted octanol–water partition coefficient (Wildman–Crippen LogP) is 3.84. The molecule has 17 heavy (non-hydrogen) atoms. The van der Waals surface area contributed by atoms with E-state index < -0.39 is 0 Å². The summed E-state index contributed by atoms with van der Waals surface area (Å²) in [6.45, 7) is 8.78. The molecule has 4 unspecified atom stereocenters.